The molecule has 94 valence electrons. The minimum Gasteiger partial charge on any atom is -0.495 e. The molecule has 0 unspecified atom stereocenters. The van der Waals surface area contributed by atoms with Crippen LogP contribution in [0.4, 0.5) is 0 Å². The summed E-state index contributed by atoms with van der Waals surface area (Å²) in [6.07, 6.45) is 2.21. The first-order valence-electron chi connectivity index (χ1n) is 4.95. The lowest BCUT2D eigenvalue weighted by Crippen LogP contribution is -2.24. The third-order valence-corrected chi connectivity index (χ3v) is 3.79. The molecular weight excluding hydrogens is 262 g/mol. The standard InChI is InChI=1S/C11H14ClNO3S/c1-3-4-7-13-17(14,15)11-6-5-9(12)8-10(11)16-2/h3,5-6,8,13H,1,4,7H2,2H3. The Labute approximate surface area is 106 Å². The lowest BCUT2D eigenvalue weighted by Gasteiger charge is -2.10. The Kier molecular flexibility index (Phi) is 4.99. The van der Waals surface area contributed by atoms with Crippen molar-refractivity contribution in [3.05, 3.63) is 35.9 Å². The third-order valence-electron chi connectivity index (χ3n) is 2.06. The number of benzene rings is 1. The summed E-state index contributed by atoms with van der Waals surface area (Å²) in [6.45, 7) is 3.82. The third kappa shape index (κ3) is 3.73. The molecule has 4 nitrogen and oxygen atoms in total. The van der Waals surface area contributed by atoms with E-state index in [0.717, 1.165) is 0 Å². The van der Waals surface area contributed by atoms with Gasteiger partial charge < -0.3 is 4.74 Å². The van der Waals surface area contributed by atoms with Gasteiger partial charge in [0.1, 0.15) is 10.6 Å². The van der Waals surface area contributed by atoms with Crippen LogP contribution in [-0.2, 0) is 10.0 Å². The van der Waals surface area contributed by atoms with E-state index >= 15 is 0 Å². The number of halogens is 1. The molecule has 0 bridgehead atoms. The highest BCUT2D eigenvalue weighted by Crippen LogP contribution is 2.26. The molecule has 6 heteroatoms. The smallest absolute Gasteiger partial charge is 0.244 e. The van der Waals surface area contributed by atoms with Crippen molar-refractivity contribution >= 4 is 21.6 Å². The zero-order chi connectivity index (χ0) is 12.9. The largest absolute Gasteiger partial charge is 0.495 e. The number of sulfonamides is 1. The van der Waals surface area contributed by atoms with Crippen molar-refractivity contribution in [3.63, 3.8) is 0 Å². The van der Waals surface area contributed by atoms with Gasteiger partial charge in [0.15, 0.2) is 0 Å². The highest BCUT2D eigenvalue weighted by molar-refractivity contribution is 7.89. The topological polar surface area (TPSA) is 55.4 Å². The van der Waals surface area contributed by atoms with Crippen molar-refractivity contribution in [3.8, 4) is 5.75 Å². The normalized spacial score (nSPS) is 11.2. The second-order valence-corrected chi connectivity index (χ2v) is 5.44. The van der Waals surface area contributed by atoms with E-state index in [0.29, 0.717) is 18.0 Å². The van der Waals surface area contributed by atoms with Crippen LogP contribution in [0.3, 0.4) is 0 Å². The predicted molar refractivity (Wildman–Crippen MR) is 68.0 cm³/mol. The van der Waals surface area contributed by atoms with Crippen LogP contribution in [0, 0.1) is 0 Å². The SMILES string of the molecule is C=CCCNS(=O)(=O)c1ccc(Cl)cc1OC. The molecule has 0 radical (unpaired) electrons. The summed E-state index contributed by atoms with van der Waals surface area (Å²) in [4.78, 5) is 0.0773. The van der Waals surface area contributed by atoms with Crippen LogP contribution in [0.5, 0.6) is 5.75 Å². The summed E-state index contributed by atoms with van der Waals surface area (Å²) in [5.41, 5.74) is 0. The second kappa shape index (κ2) is 6.05. The number of hydrogen-bond acceptors (Lipinski definition) is 3. The first-order valence-corrected chi connectivity index (χ1v) is 6.81. The van der Waals surface area contributed by atoms with Crippen molar-refractivity contribution < 1.29 is 13.2 Å². The van der Waals surface area contributed by atoms with Crippen molar-refractivity contribution in [1.29, 1.82) is 0 Å². The molecular formula is C11H14ClNO3S. The fourth-order valence-electron chi connectivity index (χ4n) is 1.24. The van der Waals surface area contributed by atoms with Gasteiger partial charge in [-0.25, -0.2) is 13.1 Å². The summed E-state index contributed by atoms with van der Waals surface area (Å²) >= 11 is 5.76. The average Bonchev–Trinajstić information content (AvgIpc) is 2.28. The maximum Gasteiger partial charge on any atom is 0.244 e. The molecule has 0 aliphatic heterocycles. The molecule has 1 aromatic rings. The van der Waals surface area contributed by atoms with E-state index in [1.807, 2.05) is 0 Å². The van der Waals surface area contributed by atoms with Gasteiger partial charge in [-0.15, -0.1) is 6.58 Å². The van der Waals surface area contributed by atoms with E-state index in [1.54, 1.807) is 6.08 Å². The van der Waals surface area contributed by atoms with Crippen molar-refractivity contribution in [2.24, 2.45) is 0 Å². The monoisotopic (exact) mass is 275 g/mol. The highest BCUT2D eigenvalue weighted by Gasteiger charge is 2.18. The van der Waals surface area contributed by atoms with Crippen molar-refractivity contribution in [2.75, 3.05) is 13.7 Å². The first kappa shape index (κ1) is 14.0. The molecule has 0 fully saturated rings. The summed E-state index contributed by atoms with van der Waals surface area (Å²) in [6, 6.07) is 4.38. The van der Waals surface area contributed by atoms with Crippen LogP contribution in [0.25, 0.3) is 0 Å². The molecule has 0 spiro atoms. The Morgan fingerprint density at radius 2 is 2.24 bits per heavy atom. The Morgan fingerprint density at radius 3 is 2.82 bits per heavy atom. The van der Waals surface area contributed by atoms with Gasteiger partial charge in [0, 0.05) is 17.6 Å². The van der Waals surface area contributed by atoms with Crippen molar-refractivity contribution in [2.45, 2.75) is 11.3 Å². The molecule has 0 saturated carbocycles. The van der Waals surface area contributed by atoms with Gasteiger partial charge in [-0.05, 0) is 18.6 Å². The minimum absolute atomic E-state index is 0.0773. The summed E-state index contributed by atoms with van der Waals surface area (Å²) < 4.78 is 31.3. The van der Waals surface area contributed by atoms with Crippen LogP contribution < -0.4 is 9.46 Å². The van der Waals surface area contributed by atoms with E-state index in [2.05, 4.69) is 11.3 Å². The quantitative estimate of drug-likeness (QED) is 0.640. The van der Waals surface area contributed by atoms with Crippen LogP contribution in [0.15, 0.2) is 35.7 Å². The zero-order valence-electron chi connectivity index (χ0n) is 9.44. The fraction of sp³-hybridized carbons (Fsp3) is 0.273. The van der Waals surface area contributed by atoms with Crippen LogP contribution >= 0.6 is 11.6 Å². The molecule has 0 aliphatic rings. The maximum atomic E-state index is 11.9. The number of nitrogens with one attached hydrogen (secondary N) is 1. The maximum absolute atomic E-state index is 11.9. The van der Waals surface area contributed by atoms with Crippen LogP contribution in [0.1, 0.15) is 6.42 Å². The fourth-order valence-corrected chi connectivity index (χ4v) is 2.60. The van der Waals surface area contributed by atoms with Gasteiger partial charge in [0.05, 0.1) is 7.11 Å². The Bertz CT molecular complexity index is 499. The first-order chi connectivity index (χ1) is 8.01. The Hall–Kier alpha value is -1.04. The lowest BCUT2D eigenvalue weighted by molar-refractivity contribution is 0.402. The molecule has 0 atom stereocenters. The summed E-state index contributed by atoms with van der Waals surface area (Å²) in [5.74, 6) is 0.226. The van der Waals surface area contributed by atoms with Gasteiger partial charge in [-0.3, -0.25) is 0 Å². The molecule has 0 aromatic heterocycles. The number of ether oxygens (including phenoxy) is 1. The minimum atomic E-state index is -3.57. The molecule has 0 amide bonds. The zero-order valence-corrected chi connectivity index (χ0v) is 11.0. The molecule has 0 saturated heterocycles. The lowest BCUT2D eigenvalue weighted by atomic mass is 10.3. The summed E-state index contributed by atoms with van der Waals surface area (Å²) in [5, 5.41) is 0.423. The van der Waals surface area contributed by atoms with Gasteiger partial charge >= 0.3 is 0 Å². The number of rotatable bonds is 6. The van der Waals surface area contributed by atoms with Crippen molar-refractivity contribution in [1.82, 2.24) is 4.72 Å². The van der Waals surface area contributed by atoms with E-state index in [9.17, 15) is 8.42 Å². The molecule has 17 heavy (non-hydrogen) atoms. The number of hydrogen-bond donors (Lipinski definition) is 1. The Balaban J connectivity index is 3.01. The van der Waals surface area contributed by atoms with E-state index in [1.165, 1.54) is 25.3 Å². The van der Waals surface area contributed by atoms with Crippen LogP contribution in [0.2, 0.25) is 5.02 Å². The van der Waals surface area contributed by atoms with E-state index in [-0.39, 0.29) is 10.6 Å². The average molecular weight is 276 g/mol. The van der Waals surface area contributed by atoms with Crippen LogP contribution in [-0.4, -0.2) is 22.1 Å². The predicted octanol–water partition coefficient (Wildman–Crippen LogP) is 2.20. The van der Waals surface area contributed by atoms with Gasteiger partial charge in [-0.1, -0.05) is 17.7 Å². The molecule has 0 aliphatic carbocycles. The van der Waals surface area contributed by atoms with E-state index in [4.69, 9.17) is 16.3 Å². The molecule has 0 heterocycles. The molecule has 1 aromatic carbocycles. The van der Waals surface area contributed by atoms with Gasteiger partial charge in [0.2, 0.25) is 10.0 Å². The molecule has 1 N–H and O–H groups in total. The van der Waals surface area contributed by atoms with Gasteiger partial charge in [-0.2, -0.15) is 0 Å². The molecule has 1 rings (SSSR count). The Morgan fingerprint density at radius 1 is 1.53 bits per heavy atom. The van der Waals surface area contributed by atoms with Gasteiger partial charge in [0.25, 0.3) is 0 Å². The van der Waals surface area contributed by atoms with E-state index < -0.39 is 10.0 Å². The highest BCUT2D eigenvalue weighted by atomic mass is 35.5. The second-order valence-electron chi connectivity index (χ2n) is 3.27. The number of methoxy groups -OCH3 is 1. The summed E-state index contributed by atoms with van der Waals surface area (Å²) in [7, 11) is -2.18.